The number of oxazole rings is 1. The zero-order valence-corrected chi connectivity index (χ0v) is 14.6. The van der Waals surface area contributed by atoms with Crippen molar-refractivity contribution >= 4 is 22.9 Å². The Hall–Kier alpha value is -2.74. The van der Waals surface area contributed by atoms with Crippen molar-refractivity contribution in [3.63, 3.8) is 0 Å². The number of benzene rings is 1. The molecule has 3 aromatic rings. The normalized spacial score (nSPS) is 20.0. The molecule has 0 bridgehead atoms. The first-order valence-electron chi connectivity index (χ1n) is 8.51. The molecule has 2 atom stereocenters. The quantitative estimate of drug-likeness (QED) is 0.752. The predicted molar refractivity (Wildman–Crippen MR) is 95.8 cm³/mol. The Morgan fingerprint density at radius 2 is 2.27 bits per heavy atom. The fourth-order valence-corrected chi connectivity index (χ4v) is 3.31. The van der Waals surface area contributed by atoms with E-state index in [2.05, 4.69) is 25.2 Å². The van der Waals surface area contributed by atoms with Crippen molar-refractivity contribution in [2.75, 3.05) is 30.4 Å². The van der Waals surface area contributed by atoms with Crippen molar-refractivity contribution in [2.45, 2.75) is 25.5 Å². The number of aromatic nitrogens is 3. The van der Waals surface area contributed by atoms with Gasteiger partial charge in [-0.05, 0) is 25.5 Å². The van der Waals surface area contributed by atoms with Gasteiger partial charge in [0, 0.05) is 32.0 Å². The highest BCUT2D eigenvalue weighted by Gasteiger charge is 2.33. The molecule has 8 heteroatoms. The molecular weight excluding hydrogens is 337 g/mol. The molecule has 1 aliphatic rings. The molecule has 1 N–H and O–H groups in total. The molecular formula is C18H20FN5O2. The minimum Gasteiger partial charge on any atom is -0.423 e. The first kappa shape index (κ1) is 16.7. The topological polar surface area (TPSA) is 76.3 Å². The average molecular weight is 357 g/mol. The van der Waals surface area contributed by atoms with Crippen LogP contribution in [0.2, 0.25) is 0 Å². The molecule has 0 radical (unpaired) electrons. The third kappa shape index (κ3) is 3.20. The maximum Gasteiger partial charge on any atom is 0.295 e. The molecule has 136 valence electrons. The van der Waals surface area contributed by atoms with E-state index in [1.807, 2.05) is 13.0 Å². The molecule has 1 aromatic carbocycles. The first-order valence-corrected chi connectivity index (χ1v) is 8.51. The molecule has 1 saturated heterocycles. The van der Waals surface area contributed by atoms with Crippen LogP contribution in [-0.4, -0.2) is 47.3 Å². The molecule has 0 aliphatic carbocycles. The molecule has 0 amide bonds. The number of para-hydroxylation sites is 1. The van der Waals surface area contributed by atoms with Crippen LogP contribution in [0.3, 0.4) is 0 Å². The standard InChI is InChI=1S/C18H20FN5O2/c1-11-6-16(22-10-21-11)24-9-13(25-2)7-12(24)8-20-18-23-17-14(19)4-3-5-15(17)26-18/h3-6,10,12-13H,7-9H2,1-2H3,(H,20,23)/t12-,13-/m0/s1. The van der Waals surface area contributed by atoms with Crippen LogP contribution in [0.5, 0.6) is 0 Å². The molecule has 1 fully saturated rings. The smallest absolute Gasteiger partial charge is 0.295 e. The van der Waals surface area contributed by atoms with Crippen LogP contribution >= 0.6 is 0 Å². The molecule has 7 nitrogen and oxygen atoms in total. The minimum absolute atomic E-state index is 0.123. The van der Waals surface area contributed by atoms with E-state index in [9.17, 15) is 4.39 Å². The highest BCUT2D eigenvalue weighted by Crippen LogP contribution is 2.27. The van der Waals surface area contributed by atoms with Crippen LogP contribution in [0.15, 0.2) is 35.0 Å². The lowest BCUT2D eigenvalue weighted by Crippen LogP contribution is -2.35. The Bertz CT molecular complexity index is 915. The zero-order chi connectivity index (χ0) is 18.1. The van der Waals surface area contributed by atoms with E-state index in [0.717, 1.165) is 24.5 Å². The largest absolute Gasteiger partial charge is 0.423 e. The summed E-state index contributed by atoms with van der Waals surface area (Å²) in [4.78, 5) is 14.9. The molecule has 3 heterocycles. The molecule has 0 saturated carbocycles. The molecule has 4 rings (SSSR count). The van der Waals surface area contributed by atoms with Gasteiger partial charge in [-0.2, -0.15) is 4.98 Å². The number of aryl methyl sites for hydroxylation is 1. The summed E-state index contributed by atoms with van der Waals surface area (Å²) in [5.41, 5.74) is 1.58. The fourth-order valence-electron chi connectivity index (χ4n) is 3.31. The van der Waals surface area contributed by atoms with E-state index in [1.165, 1.54) is 6.07 Å². The van der Waals surface area contributed by atoms with Gasteiger partial charge in [0.05, 0.1) is 12.1 Å². The second kappa shape index (κ2) is 6.87. The van der Waals surface area contributed by atoms with Gasteiger partial charge in [0.15, 0.2) is 11.4 Å². The maximum absolute atomic E-state index is 13.8. The Labute approximate surface area is 150 Å². The summed E-state index contributed by atoms with van der Waals surface area (Å²) in [6.07, 6.45) is 2.54. The van der Waals surface area contributed by atoms with Crippen molar-refractivity contribution in [3.05, 3.63) is 42.1 Å². The Balaban J connectivity index is 1.52. The molecule has 26 heavy (non-hydrogen) atoms. The van der Waals surface area contributed by atoms with Gasteiger partial charge in [-0.15, -0.1) is 0 Å². The summed E-state index contributed by atoms with van der Waals surface area (Å²) < 4.78 is 24.9. The molecule has 1 aliphatic heterocycles. The Morgan fingerprint density at radius 3 is 3.04 bits per heavy atom. The van der Waals surface area contributed by atoms with E-state index in [1.54, 1.807) is 25.6 Å². The van der Waals surface area contributed by atoms with Crippen LogP contribution < -0.4 is 10.2 Å². The molecule has 0 spiro atoms. The number of hydrogen-bond acceptors (Lipinski definition) is 7. The lowest BCUT2D eigenvalue weighted by atomic mass is 10.2. The third-order valence-corrected chi connectivity index (χ3v) is 4.65. The number of anilines is 2. The van der Waals surface area contributed by atoms with Crippen molar-refractivity contribution in [1.29, 1.82) is 0 Å². The summed E-state index contributed by atoms with van der Waals surface area (Å²) >= 11 is 0. The second-order valence-electron chi connectivity index (χ2n) is 6.40. The first-order chi connectivity index (χ1) is 12.6. The second-order valence-corrected chi connectivity index (χ2v) is 6.40. The van der Waals surface area contributed by atoms with Crippen LogP contribution in [0.4, 0.5) is 16.2 Å². The van der Waals surface area contributed by atoms with Crippen molar-refractivity contribution in [3.8, 4) is 0 Å². The van der Waals surface area contributed by atoms with E-state index in [0.29, 0.717) is 18.1 Å². The lowest BCUT2D eigenvalue weighted by molar-refractivity contribution is 0.118. The van der Waals surface area contributed by atoms with Gasteiger partial charge >= 0.3 is 0 Å². The van der Waals surface area contributed by atoms with Crippen molar-refractivity contribution < 1.29 is 13.5 Å². The van der Waals surface area contributed by atoms with E-state index < -0.39 is 5.82 Å². The number of hydrogen-bond donors (Lipinski definition) is 1. The van der Waals surface area contributed by atoms with Crippen LogP contribution in [0, 0.1) is 12.7 Å². The Kier molecular flexibility index (Phi) is 4.42. The number of nitrogens with one attached hydrogen (secondary N) is 1. The summed E-state index contributed by atoms with van der Waals surface area (Å²) in [5, 5.41) is 3.18. The minimum atomic E-state index is -0.391. The third-order valence-electron chi connectivity index (χ3n) is 4.65. The van der Waals surface area contributed by atoms with E-state index in [-0.39, 0.29) is 17.7 Å². The summed E-state index contributed by atoms with van der Waals surface area (Å²) in [5.74, 6) is 0.477. The fraction of sp³-hybridized carbons (Fsp3) is 0.389. The van der Waals surface area contributed by atoms with Crippen LogP contribution in [0.1, 0.15) is 12.1 Å². The average Bonchev–Trinajstić information content (AvgIpc) is 3.24. The Morgan fingerprint density at radius 1 is 1.38 bits per heavy atom. The zero-order valence-electron chi connectivity index (χ0n) is 14.6. The van der Waals surface area contributed by atoms with E-state index >= 15 is 0 Å². The highest BCUT2D eigenvalue weighted by molar-refractivity contribution is 5.74. The van der Waals surface area contributed by atoms with Gasteiger partial charge in [-0.1, -0.05) is 6.07 Å². The van der Waals surface area contributed by atoms with Crippen molar-refractivity contribution in [2.24, 2.45) is 0 Å². The summed E-state index contributed by atoms with van der Waals surface area (Å²) in [6, 6.07) is 7.09. The summed E-state index contributed by atoms with van der Waals surface area (Å²) in [6.45, 7) is 3.27. The summed E-state index contributed by atoms with van der Waals surface area (Å²) in [7, 11) is 1.72. The molecule has 0 unspecified atom stereocenters. The SMILES string of the molecule is CO[C@H]1C[C@@H](CNc2nc3c(F)cccc3o2)N(c2cc(C)ncn2)C1. The van der Waals surface area contributed by atoms with Gasteiger partial charge in [-0.25, -0.2) is 14.4 Å². The number of nitrogens with zero attached hydrogens (tertiary/aromatic N) is 4. The van der Waals surface area contributed by atoms with Gasteiger partial charge in [0.25, 0.3) is 6.01 Å². The van der Waals surface area contributed by atoms with Crippen LogP contribution in [0.25, 0.3) is 11.1 Å². The monoisotopic (exact) mass is 357 g/mol. The highest BCUT2D eigenvalue weighted by atomic mass is 19.1. The van der Waals surface area contributed by atoms with Gasteiger partial charge < -0.3 is 19.4 Å². The number of ether oxygens (including phenoxy) is 1. The maximum atomic E-state index is 13.8. The van der Waals surface area contributed by atoms with E-state index in [4.69, 9.17) is 9.15 Å². The van der Waals surface area contributed by atoms with Crippen molar-refractivity contribution in [1.82, 2.24) is 15.0 Å². The number of rotatable bonds is 5. The predicted octanol–water partition coefficient (Wildman–Crippen LogP) is 2.77. The van der Waals surface area contributed by atoms with Crippen LogP contribution in [-0.2, 0) is 4.74 Å². The van der Waals surface area contributed by atoms with Gasteiger partial charge in [-0.3, -0.25) is 0 Å². The number of methoxy groups -OCH3 is 1. The number of halogens is 1. The number of fused-ring (bicyclic) bond motifs is 1. The van der Waals surface area contributed by atoms with Gasteiger partial charge in [0.1, 0.15) is 17.7 Å². The van der Waals surface area contributed by atoms with Gasteiger partial charge in [0.2, 0.25) is 0 Å². The lowest BCUT2D eigenvalue weighted by Gasteiger charge is -2.25. The molecule has 2 aromatic heterocycles.